The van der Waals surface area contributed by atoms with Crippen molar-refractivity contribution < 1.29 is 13.9 Å². The number of thioether (sulfide) groups is 1. The molecule has 0 N–H and O–H groups in total. The number of rotatable bonds is 13. The Labute approximate surface area is 294 Å². The SMILES string of the molecule is Cn1cc(Cc2cn(CC(=O)N(CCN3CCOCC3)Cc3ccc(-c4ccc(Cl)cc4)cc3)c(SCc3ccc(F)cc3)nc2=O)cn1. The van der Waals surface area contributed by atoms with E-state index in [9.17, 15) is 14.0 Å². The Balaban J connectivity index is 1.25. The third-order valence-electron chi connectivity index (χ3n) is 8.42. The van der Waals surface area contributed by atoms with Crippen molar-refractivity contribution in [2.75, 3.05) is 39.4 Å². The third kappa shape index (κ3) is 9.66. The maximum atomic E-state index is 14.2. The summed E-state index contributed by atoms with van der Waals surface area (Å²) in [6, 6.07) is 22.2. The first-order valence-corrected chi connectivity index (χ1v) is 17.5. The maximum Gasteiger partial charge on any atom is 0.277 e. The van der Waals surface area contributed by atoms with Crippen molar-refractivity contribution in [3.8, 4) is 11.1 Å². The second-order valence-electron chi connectivity index (χ2n) is 12.1. The Morgan fingerprint density at radius 3 is 2.29 bits per heavy atom. The van der Waals surface area contributed by atoms with Crippen LogP contribution in [0.3, 0.4) is 0 Å². The smallest absolute Gasteiger partial charge is 0.277 e. The van der Waals surface area contributed by atoms with E-state index in [0.29, 0.717) is 54.2 Å². The van der Waals surface area contributed by atoms with Crippen LogP contribution in [0.15, 0.2) is 101 Å². The molecule has 5 aromatic rings. The number of aromatic nitrogens is 4. The van der Waals surface area contributed by atoms with Crippen LogP contribution in [0.4, 0.5) is 4.39 Å². The monoisotopic (exact) mass is 700 g/mol. The number of nitrogens with zero attached hydrogens (tertiary/aromatic N) is 6. The summed E-state index contributed by atoms with van der Waals surface area (Å²) in [6.45, 7) is 4.69. The molecule has 9 nitrogen and oxygen atoms in total. The number of ether oxygens (including phenoxy) is 1. The van der Waals surface area contributed by atoms with Crippen molar-refractivity contribution in [1.82, 2.24) is 29.1 Å². The van der Waals surface area contributed by atoms with E-state index < -0.39 is 0 Å². The summed E-state index contributed by atoms with van der Waals surface area (Å²) in [5, 5.41) is 5.34. The minimum Gasteiger partial charge on any atom is -0.379 e. The van der Waals surface area contributed by atoms with Crippen LogP contribution in [-0.2, 0) is 41.8 Å². The molecule has 0 aliphatic carbocycles. The van der Waals surface area contributed by atoms with Crippen molar-refractivity contribution >= 4 is 29.3 Å². The number of hydrogen-bond donors (Lipinski definition) is 0. The molecule has 0 radical (unpaired) electrons. The molecule has 2 aromatic heterocycles. The quantitative estimate of drug-likeness (QED) is 0.115. The fourth-order valence-corrected chi connectivity index (χ4v) is 6.72. The zero-order chi connectivity index (χ0) is 34.2. The minimum absolute atomic E-state index is 0.00500. The number of hydrogen-bond acceptors (Lipinski definition) is 7. The van der Waals surface area contributed by atoms with Crippen molar-refractivity contribution in [3.05, 3.63) is 135 Å². The molecule has 254 valence electrons. The van der Waals surface area contributed by atoms with Gasteiger partial charge in [0.05, 0.1) is 19.4 Å². The zero-order valence-electron chi connectivity index (χ0n) is 27.3. The van der Waals surface area contributed by atoms with Gasteiger partial charge < -0.3 is 14.2 Å². The molecule has 1 saturated heterocycles. The molecule has 0 saturated carbocycles. The van der Waals surface area contributed by atoms with Crippen molar-refractivity contribution in [3.63, 3.8) is 0 Å². The van der Waals surface area contributed by atoms with Crippen LogP contribution in [0.2, 0.25) is 5.02 Å². The molecule has 0 bridgehead atoms. The number of carbonyl (C=O) groups excluding carboxylic acids is 1. The van der Waals surface area contributed by atoms with Crippen LogP contribution >= 0.6 is 23.4 Å². The van der Waals surface area contributed by atoms with Crippen LogP contribution < -0.4 is 5.56 Å². The highest BCUT2D eigenvalue weighted by Crippen LogP contribution is 2.24. The number of amides is 1. The van der Waals surface area contributed by atoms with E-state index in [4.69, 9.17) is 16.3 Å². The zero-order valence-corrected chi connectivity index (χ0v) is 28.9. The highest BCUT2D eigenvalue weighted by Gasteiger charge is 2.20. The van der Waals surface area contributed by atoms with Crippen LogP contribution in [0.25, 0.3) is 11.1 Å². The van der Waals surface area contributed by atoms with Gasteiger partial charge in [0.1, 0.15) is 12.4 Å². The van der Waals surface area contributed by atoms with Gasteiger partial charge in [-0.2, -0.15) is 10.1 Å². The largest absolute Gasteiger partial charge is 0.379 e. The first-order chi connectivity index (χ1) is 23.8. The number of benzene rings is 3. The molecule has 12 heteroatoms. The predicted octanol–water partition coefficient (Wildman–Crippen LogP) is 5.68. The van der Waals surface area contributed by atoms with Crippen molar-refractivity contribution in [2.24, 2.45) is 7.05 Å². The fraction of sp³-hybridized carbons (Fsp3) is 0.297. The second-order valence-corrected chi connectivity index (χ2v) is 13.4. The molecule has 3 aromatic carbocycles. The summed E-state index contributed by atoms with van der Waals surface area (Å²) in [5.74, 6) is 0.0613. The summed E-state index contributed by atoms with van der Waals surface area (Å²) < 4.78 is 22.5. The molecule has 49 heavy (non-hydrogen) atoms. The Morgan fingerprint density at radius 2 is 1.61 bits per heavy atom. The molecule has 1 aliphatic rings. The predicted molar refractivity (Wildman–Crippen MR) is 190 cm³/mol. The normalized spacial score (nSPS) is 13.4. The molecule has 6 rings (SSSR count). The van der Waals surface area contributed by atoms with Crippen LogP contribution in [0.1, 0.15) is 22.3 Å². The number of aryl methyl sites for hydroxylation is 1. The highest BCUT2D eigenvalue weighted by molar-refractivity contribution is 7.98. The lowest BCUT2D eigenvalue weighted by Gasteiger charge is -2.30. The number of halogens is 2. The van der Waals surface area contributed by atoms with E-state index >= 15 is 0 Å². The molecule has 0 unspecified atom stereocenters. The second kappa shape index (κ2) is 16.4. The highest BCUT2D eigenvalue weighted by atomic mass is 35.5. The summed E-state index contributed by atoms with van der Waals surface area (Å²) in [6.07, 6.45) is 5.67. The van der Waals surface area contributed by atoms with Gasteiger partial charge in [-0.3, -0.25) is 19.2 Å². The van der Waals surface area contributed by atoms with Gasteiger partial charge in [0.2, 0.25) is 5.91 Å². The van der Waals surface area contributed by atoms with Crippen LogP contribution in [-0.4, -0.2) is 74.4 Å². The van der Waals surface area contributed by atoms with Gasteiger partial charge in [0.25, 0.3) is 5.56 Å². The van der Waals surface area contributed by atoms with Crippen LogP contribution in [0, 0.1) is 5.82 Å². The van der Waals surface area contributed by atoms with Crippen molar-refractivity contribution in [2.45, 2.75) is 30.4 Å². The van der Waals surface area contributed by atoms with Crippen LogP contribution in [0.5, 0.6) is 0 Å². The minimum atomic E-state index is -0.348. The number of morpholine rings is 1. The summed E-state index contributed by atoms with van der Waals surface area (Å²) in [5.41, 5.74) is 5.02. The molecule has 3 heterocycles. The lowest BCUT2D eigenvalue weighted by Crippen LogP contribution is -2.43. The van der Waals surface area contributed by atoms with Gasteiger partial charge in [0, 0.05) is 74.9 Å². The molecular formula is C37H38ClFN6O3S. The van der Waals surface area contributed by atoms with E-state index in [2.05, 4.69) is 39.2 Å². The topological polar surface area (TPSA) is 85.5 Å². The average molecular weight is 701 g/mol. The molecule has 1 fully saturated rings. The molecule has 0 spiro atoms. The Morgan fingerprint density at radius 1 is 0.939 bits per heavy atom. The molecule has 1 aliphatic heterocycles. The Hall–Kier alpha value is -4.29. The van der Waals surface area contributed by atoms with Gasteiger partial charge in [0.15, 0.2) is 5.16 Å². The number of carbonyl (C=O) groups is 1. The first kappa shape index (κ1) is 34.6. The summed E-state index contributed by atoms with van der Waals surface area (Å²) >= 11 is 7.43. The van der Waals surface area contributed by atoms with E-state index in [0.717, 1.165) is 47.5 Å². The lowest BCUT2D eigenvalue weighted by molar-refractivity contribution is -0.133. The van der Waals surface area contributed by atoms with Gasteiger partial charge in [-0.25, -0.2) is 4.39 Å². The van der Waals surface area contributed by atoms with E-state index in [1.165, 1.54) is 23.9 Å². The summed E-state index contributed by atoms with van der Waals surface area (Å²) in [7, 11) is 1.82. The standard InChI is InChI=1S/C37H38ClFN6O3S/c1-42-22-29(21-40-42)20-32-24-45(37(41-36(32)47)49-26-28-4-12-34(39)13-5-28)25-35(46)44(15-14-43-16-18-48-19-17-43)23-27-2-6-30(7-3-27)31-8-10-33(38)11-9-31/h2-13,21-22,24H,14-20,23,25-26H2,1H3. The Kier molecular flexibility index (Phi) is 11.6. The van der Waals surface area contributed by atoms with Gasteiger partial charge >= 0.3 is 0 Å². The van der Waals surface area contributed by atoms with Crippen molar-refractivity contribution in [1.29, 1.82) is 0 Å². The first-order valence-electron chi connectivity index (χ1n) is 16.2. The fourth-order valence-electron chi connectivity index (χ4n) is 5.67. The molecule has 0 atom stereocenters. The van der Waals surface area contributed by atoms with E-state index in [-0.39, 0.29) is 23.8 Å². The van der Waals surface area contributed by atoms with Gasteiger partial charge in [-0.05, 0) is 52.1 Å². The third-order valence-corrected chi connectivity index (χ3v) is 9.73. The van der Waals surface area contributed by atoms with E-state index in [1.807, 2.05) is 42.4 Å². The molecule has 1 amide bonds. The van der Waals surface area contributed by atoms with E-state index in [1.54, 1.807) is 33.8 Å². The van der Waals surface area contributed by atoms with Gasteiger partial charge in [-0.15, -0.1) is 0 Å². The average Bonchev–Trinajstić information content (AvgIpc) is 3.53. The maximum absolute atomic E-state index is 14.2. The molecular weight excluding hydrogens is 663 g/mol. The summed E-state index contributed by atoms with van der Waals surface area (Å²) in [4.78, 5) is 36.0. The Bertz CT molecular complexity index is 1910. The van der Waals surface area contributed by atoms with Gasteiger partial charge in [-0.1, -0.05) is 71.9 Å². The lowest BCUT2D eigenvalue weighted by atomic mass is 10.0.